The van der Waals surface area contributed by atoms with Gasteiger partial charge in [0.15, 0.2) is 0 Å². The van der Waals surface area contributed by atoms with E-state index < -0.39 is 11.6 Å². The molecule has 98 valence electrons. The Morgan fingerprint density at radius 2 is 2.05 bits per heavy atom. The molecule has 3 nitrogen and oxygen atoms in total. The summed E-state index contributed by atoms with van der Waals surface area (Å²) in [6, 6.07) is 4.91. The van der Waals surface area contributed by atoms with Gasteiger partial charge in [0.05, 0.1) is 10.5 Å². The van der Waals surface area contributed by atoms with Crippen molar-refractivity contribution < 1.29 is 8.78 Å². The number of hydrogen-bond acceptors (Lipinski definition) is 3. The van der Waals surface area contributed by atoms with Crippen molar-refractivity contribution >= 4 is 17.6 Å². The molecule has 2 rings (SSSR count). The molecule has 0 aliphatic heterocycles. The Morgan fingerprint density at radius 1 is 1.32 bits per heavy atom. The molecule has 1 heterocycles. The molecular formula is C13H11F2N3S. The SMILES string of the molecule is Cc1ccnc(Sc2cc(F)ccc2F)c1C(=N)N. The van der Waals surface area contributed by atoms with Gasteiger partial charge in [-0.1, -0.05) is 11.8 Å². The van der Waals surface area contributed by atoms with Crippen LogP contribution in [0, 0.1) is 24.0 Å². The predicted octanol–water partition coefficient (Wildman–Crippen LogP) is 3.10. The average molecular weight is 279 g/mol. The predicted molar refractivity (Wildman–Crippen MR) is 70.5 cm³/mol. The van der Waals surface area contributed by atoms with Gasteiger partial charge in [-0.25, -0.2) is 13.8 Å². The number of rotatable bonds is 3. The van der Waals surface area contributed by atoms with Crippen molar-refractivity contribution in [2.75, 3.05) is 0 Å². The fourth-order valence-corrected chi connectivity index (χ4v) is 2.63. The normalized spacial score (nSPS) is 10.5. The molecule has 0 bridgehead atoms. The number of nitrogen functional groups attached to an aromatic ring is 1. The zero-order valence-electron chi connectivity index (χ0n) is 10.1. The summed E-state index contributed by atoms with van der Waals surface area (Å²) in [5, 5.41) is 7.92. The van der Waals surface area contributed by atoms with E-state index in [0.717, 1.165) is 35.5 Å². The number of aromatic nitrogens is 1. The largest absolute Gasteiger partial charge is 0.384 e. The minimum Gasteiger partial charge on any atom is -0.384 e. The van der Waals surface area contributed by atoms with E-state index in [-0.39, 0.29) is 10.7 Å². The standard InChI is InChI=1S/C13H11F2N3S/c1-7-4-5-18-13(11(7)12(16)17)19-10-6-8(14)2-3-9(10)15/h2-6H,1H3,(H3,16,17). The van der Waals surface area contributed by atoms with Gasteiger partial charge in [0, 0.05) is 6.20 Å². The zero-order chi connectivity index (χ0) is 14.0. The minimum absolute atomic E-state index is 0.112. The number of nitrogens with one attached hydrogen (secondary N) is 1. The van der Waals surface area contributed by atoms with Gasteiger partial charge in [-0.05, 0) is 36.8 Å². The first-order valence-corrected chi connectivity index (χ1v) is 6.23. The number of pyridine rings is 1. The molecule has 0 unspecified atom stereocenters. The van der Waals surface area contributed by atoms with Crippen molar-refractivity contribution in [1.29, 1.82) is 5.41 Å². The van der Waals surface area contributed by atoms with Crippen LogP contribution >= 0.6 is 11.8 Å². The van der Waals surface area contributed by atoms with Gasteiger partial charge in [-0.2, -0.15) is 0 Å². The third kappa shape index (κ3) is 2.90. The number of aryl methyl sites for hydroxylation is 1. The number of benzene rings is 1. The molecule has 0 spiro atoms. The van der Waals surface area contributed by atoms with Gasteiger partial charge in [0.25, 0.3) is 0 Å². The fraction of sp³-hybridized carbons (Fsp3) is 0.0769. The lowest BCUT2D eigenvalue weighted by atomic mass is 10.1. The van der Waals surface area contributed by atoms with Crippen LogP contribution in [0.1, 0.15) is 11.1 Å². The molecule has 3 N–H and O–H groups in total. The van der Waals surface area contributed by atoms with E-state index in [9.17, 15) is 8.78 Å². The summed E-state index contributed by atoms with van der Waals surface area (Å²) in [6.07, 6.45) is 1.54. The van der Waals surface area contributed by atoms with Gasteiger partial charge in [0.1, 0.15) is 22.5 Å². The van der Waals surface area contributed by atoms with Crippen molar-refractivity contribution in [1.82, 2.24) is 4.98 Å². The third-order valence-corrected chi connectivity index (χ3v) is 3.53. The van der Waals surface area contributed by atoms with Crippen molar-refractivity contribution in [2.24, 2.45) is 5.73 Å². The Morgan fingerprint density at radius 3 is 2.74 bits per heavy atom. The first-order valence-electron chi connectivity index (χ1n) is 5.42. The highest BCUT2D eigenvalue weighted by Crippen LogP contribution is 2.32. The summed E-state index contributed by atoms with van der Waals surface area (Å²) >= 11 is 0.951. The van der Waals surface area contributed by atoms with Crippen LogP contribution in [0.2, 0.25) is 0 Å². The highest BCUT2D eigenvalue weighted by Gasteiger charge is 2.14. The molecular weight excluding hydrogens is 268 g/mol. The number of hydrogen-bond donors (Lipinski definition) is 2. The van der Waals surface area contributed by atoms with Crippen LogP contribution in [0.15, 0.2) is 40.4 Å². The fourth-order valence-electron chi connectivity index (χ4n) is 1.60. The maximum Gasteiger partial charge on any atom is 0.137 e. The Balaban J connectivity index is 2.46. The summed E-state index contributed by atoms with van der Waals surface area (Å²) in [4.78, 5) is 4.19. The molecule has 0 amide bonds. The Hall–Kier alpha value is -1.95. The van der Waals surface area contributed by atoms with Crippen LogP contribution in [0.5, 0.6) is 0 Å². The van der Waals surface area contributed by atoms with Crippen LogP contribution in [-0.2, 0) is 0 Å². The second-order valence-electron chi connectivity index (χ2n) is 3.90. The van der Waals surface area contributed by atoms with Crippen LogP contribution in [-0.4, -0.2) is 10.8 Å². The minimum atomic E-state index is -0.538. The number of halogens is 2. The van der Waals surface area contributed by atoms with Crippen LogP contribution in [0.3, 0.4) is 0 Å². The second kappa shape index (κ2) is 5.36. The molecule has 1 aromatic carbocycles. The summed E-state index contributed by atoms with van der Waals surface area (Å²) in [7, 11) is 0. The summed E-state index contributed by atoms with van der Waals surface area (Å²) in [5.41, 5.74) is 6.71. The monoisotopic (exact) mass is 279 g/mol. The van der Waals surface area contributed by atoms with E-state index in [0.29, 0.717) is 10.6 Å². The number of nitrogens with zero attached hydrogens (tertiary/aromatic N) is 1. The van der Waals surface area contributed by atoms with Crippen molar-refractivity contribution in [2.45, 2.75) is 16.8 Å². The van der Waals surface area contributed by atoms with Gasteiger partial charge in [0.2, 0.25) is 0 Å². The molecule has 0 radical (unpaired) electrons. The average Bonchev–Trinajstić information content (AvgIpc) is 2.33. The van der Waals surface area contributed by atoms with Gasteiger partial charge >= 0.3 is 0 Å². The van der Waals surface area contributed by atoms with Gasteiger partial charge in [-0.15, -0.1) is 0 Å². The Labute approximate surface area is 113 Å². The number of amidine groups is 1. The Kier molecular flexibility index (Phi) is 3.80. The lowest BCUT2D eigenvalue weighted by Crippen LogP contribution is -2.14. The lowest BCUT2D eigenvalue weighted by Gasteiger charge is -2.10. The van der Waals surface area contributed by atoms with E-state index >= 15 is 0 Å². The summed E-state index contributed by atoms with van der Waals surface area (Å²) in [5.74, 6) is -1.21. The van der Waals surface area contributed by atoms with Crippen molar-refractivity contribution in [3.05, 3.63) is 53.2 Å². The van der Waals surface area contributed by atoms with Crippen molar-refractivity contribution in [3.63, 3.8) is 0 Å². The summed E-state index contributed by atoms with van der Waals surface area (Å²) in [6.45, 7) is 1.78. The van der Waals surface area contributed by atoms with E-state index in [4.69, 9.17) is 11.1 Å². The molecule has 0 aliphatic carbocycles. The molecule has 2 aromatic rings. The third-order valence-electron chi connectivity index (χ3n) is 2.49. The highest BCUT2D eigenvalue weighted by molar-refractivity contribution is 7.99. The van der Waals surface area contributed by atoms with Crippen LogP contribution < -0.4 is 5.73 Å². The molecule has 0 atom stereocenters. The Bertz CT molecular complexity index is 644. The molecule has 6 heteroatoms. The molecule has 0 fully saturated rings. The lowest BCUT2D eigenvalue weighted by molar-refractivity contribution is 0.577. The topological polar surface area (TPSA) is 62.8 Å². The molecule has 0 saturated carbocycles. The van der Waals surface area contributed by atoms with E-state index in [1.165, 1.54) is 0 Å². The molecule has 1 aromatic heterocycles. The maximum atomic E-state index is 13.6. The molecule has 19 heavy (non-hydrogen) atoms. The van der Waals surface area contributed by atoms with Crippen LogP contribution in [0.4, 0.5) is 8.78 Å². The quantitative estimate of drug-likeness (QED) is 0.670. The first kappa shape index (κ1) is 13.5. The van der Waals surface area contributed by atoms with Gasteiger partial charge < -0.3 is 5.73 Å². The first-order chi connectivity index (χ1) is 8.99. The molecule has 0 aliphatic rings. The highest BCUT2D eigenvalue weighted by atomic mass is 32.2. The van der Waals surface area contributed by atoms with E-state index in [1.807, 2.05) is 0 Å². The summed E-state index contributed by atoms with van der Waals surface area (Å²) < 4.78 is 26.7. The maximum absolute atomic E-state index is 13.6. The van der Waals surface area contributed by atoms with Gasteiger partial charge in [-0.3, -0.25) is 5.41 Å². The zero-order valence-corrected chi connectivity index (χ0v) is 10.9. The van der Waals surface area contributed by atoms with Crippen molar-refractivity contribution in [3.8, 4) is 0 Å². The van der Waals surface area contributed by atoms with Crippen LogP contribution in [0.25, 0.3) is 0 Å². The number of nitrogens with two attached hydrogens (primary N) is 1. The smallest absolute Gasteiger partial charge is 0.137 e. The van der Waals surface area contributed by atoms with E-state index in [1.54, 1.807) is 19.2 Å². The van der Waals surface area contributed by atoms with E-state index in [2.05, 4.69) is 4.98 Å². The second-order valence-corrected chi connectivity index (χ2v) is 4.93. The molecule has 0 saturated heterocycles.